The van der Waals surface area contributed by atoms with Gasteiger partial charge in [-0.15, -0.1) is 0 Å². The molecule has 0 aromatic heterocycles. The molecule has 5 nitrogen and oxygen atoms in total. The SMILES string of the molecule is NC(O)(CCCCB(O)O)C1CC(NCc2ccc(-c3ccc(F)cc3)c(F)c2)C1. The summed E-state index contributed by atoms with van der Waals surface area (Å²) < 4.78 is 27.5. The third kappa shape index (κ3) is 6.09. The van der Waals surface area contributed by atoms with Crippen molar-refractivity contribution in [3.63, 3.8) is 0 Å². The summed E-state index contributed by atoms with van der Waals surface area (Å²) in [5.41, 5.74) is 6.67. The van der Waals surface area contributed by atoms with Gasteiger partial charge < -0.3 is 26.2 Å². The van der Waals surface area contributed by atoms with Crippen LogP contribution in [0.1, 0.15) is 37.7 Å². The fraction of sp³-hybridized carbons (Fsp3) is 0.455. The first kappa shape index (κ1) is 22.8. The Hall–Kier alpha value is -1.84. The zero-order valence-electron chi connectivity index (χ0n) is 16.9. The van der Waals surface area contributed by atoms with E-state index in [1.807, 2.05) is 6.07 Å². The Morgan fingerprint density at radius 3 is 2.40 bits per heavy atom. The van der Waals surface area contributed by atoms with Crippen molar-refractivity contribution in [1.82, 2.24) is 5.32 Å². The number of halogens is 2. The van der Waals surface area contributed by atoms with Crippen LogP contribution in [0.2, 0.25) is 6.32 Å². The Kier molecular flexibility index (Phi) is 7.60. The van der Waals surface area contributed by atoms with Crippen molar-refractivity contribution in [2.24, 2.45) is 11.7 Å². The summed E-state index contributed by atoms with van der Waals surface area (Å²) in [4.78, 5) is 0. The van der Waals surface area contributed by atoms with Gasteiger partial charge >= 0.3 is 7.12 Å². The molecule has 162 valence electrons. The van der Waals surface area contributed by atoms with E-state index in [1.165, 1.54) is 18.2 Å². The van der Waals surface area contributed by atoms with Crippen LogP contribution in [-0.4, -0.2) is 34.0 Å². The standard InChI is InChI=1S/C22H29BF2N2O3/c24-18-6-4-16(5-7-18)20-8-3-15(11-21(20)25)14-27-19-12-17(13-19)22(26,28)9-1-2-10-23(29)30/h3-8,11,17,19,27-30H,1-2,9-10,12-14,26H2. The lowest BCUT2D eigenvalue weighted by Gasteiger charge is -2.44. The Morgan fingerprint density at radius 2 is 1.77 bits per heavy atom. The molecule has 0 heterocycles. The Bertz CT molecular complexity index is 828. The molecule has 30 heavy (non-hydrogen) atoms. The number of nitrogens with two attached hydrogens (primary N) is 1. The molecular weight excluding hydrogens is 389 g/mol. The van der Waals surface area contributed by atoms with Crippen molar-refractivity contribution in [2.45, 2.75) is 56.7 Å². The molecule has 8 heteroatoms. The van der Waals surface area contributed by atoms with Crippen molar-refractivity contribution in [3.8, 4) is 11.1 Å². The Balaban J connectivity index is 1.44. The molecule has 0 amide bonds. The van der Waals surface area contributed by atoms with E-state index >= 15 is 0 Å². The van der Waals surface area contributed by atoms with E-state index in [9.17, 15) is 13.9 Å². The monoisotopic (exact) mass is 418 g/mol. The van der Waals surface area contributed by atoms with Crippen molar-refractivity contribution in [3.05, 3.63) is 59.7 Å². The predicted octanol–water partition coefficient (Wildman–Crippen LogP) is 2.79. The van der Waals surface area contributed by atoms with E-state index in [-0.39, 0.29) is 29.9 Å². The van der Waals surface area contributed by atoms with Crippen LogP contribution in [0.25, 0.3) is 11.1 Å². The highest BCUT2D eigenvalue weighted by Crippen LogP contribution is 2.37. The number of rotatable bonds is 10. The highest BCUT2D eigenvalue weighted by molar-refractivity contribution is 6.40. The second-order valence-electron chi connectivity index (χ2n) is 8.28. The number of unbranched alkanes of at least 4 members (excludes halogenated alkanes) is 1. The van der Waals surface area contributed by atoms with Crippen LogP contribution in [0.15, 0.2) is 42.5 Å². The van der Waals surface area contributed by atoms with E-state index in [0.29, 0.717) is 36.9 Å². The smallest absolute Gasteiger partial charge is 0.427 e. The molecule has 2 aromatic carbocycles. The Labute approximate surface area is 176 Å². The van der Waals surface area contributed by atoms with Crippen LogP contribution in [0.3, 0.4) is 0 Å². The number of nitrogens with one attached hydrogen (secondary N) is 1. The zero-order chi connectivity index (χ0) is 21.7. The fourth-order valence-electron chi connectivity index (χ4n) is 3.93. The lowest BCUT2D eigenvalue weighted by Crippen LogP contribution is -2.56. The summed E-state index contributed by atoms with van der Waals surface area (Å²) in [5.74, 6) is -0.713. The van der Waals surface area contributed by atoms with Crippen LogP contribution in [-0.2, 0) is 6.54 Å². The molecule has 1 fully saturated rings. The van der Waals surface area contributed by atoms with Gasteiger partial charge in [0, 0.05) is 24.1 Å². The van der Waals surface area contributed by atoms with Crippen LogP contribution in [0.4, 0.5) is 8.78 Å². The lowest BCUT2D eigenvalue weighted by molar-refractivity contribution is -0.0647. The first-order chi connectivity index (χ1) is 14.2. The number of aliphatic hydroxyl groups is 1. The van der Waals surface area contributed by atoms with E-state index in [0.717, 1.165) is 18.4 Å². The van der Waals surface area contributed by atoms with Gasteiger partial charge in [-0.05, 0) is 61.3 Å². The molecule has 1 unspecified atom stereocenters. The van der Waals surface area contributed by atoms with Crippen LogP contribution < -0.4 is 11.1 Å². The van der Waals surface area contributed by atoms with Gasteiger partial charge in [-0.25, -0.2) is 8.78 Å². The molecule has 1 aliphatic carbocycles. The topological polar surface area (TPSA) is 98.7 Å². The van der Waals surface area contributed by atoms with Crippen molar-refractivity contribution in [1.29, 1.82) is 0 Å². The molecule has 2 aromatic rings. The normalized spacial score (nSPS) is 20.5. The maximum atomic E-state index is 14.5. The highest BCUT2D eigenvalue weighted by Gasteiger charge is 2.41. The molecule has 0 radical (unpaired) electrons. The molecule has 0 spiro atoms. The summed E-state index contributed by atoms with van der Waals surface area (Å²) in [6.45, 7) is 0.509. The van der Waals surface area contributed by atoms with Gasteiger partial charge in [0.15, 0.2) is 0 Å². The average Bonchev–Trinajstić information content (AvgIpc) is 2.65. The molecular formula is C22H29BF2N2O3. The summed E-state index contributed by atoms with van der Waals surface area (Å²) in [6, 6.07) is 11.0. The maximum absolute atomic E-state index is 14.5. The fourth-order valence-corrected chi connectivity index (χ4v) is 3.93. The van der Waals surface area contributed by atoms with Gasteiger partial charge in [0.2, 0.25) is 0 Å². The predicted molar refractivity (Wildman–Crippen MR) is 113 cm³/mol. The summed E-state index contributed by atoms with van der Waals surface area (Å²) in [6.07, 6.45) is 3.43. The summed E-state index contributed by atoms with van der Waals surface area (Å²) in [7, 11) is -1.32. The second-order valence-corrected chi connectivity index (χ2v) is 8.28. The maximum Gasteiger partial charge on any atom is 0.451 e. The highest BCUT2D eigenvalue weighted by atomic mass is 19.1. The molecule has 0 aliphatic heterocycles. The largest absolute Gasteiger partial charge is 0.451 e. The molecule has 0 bridgehead atoms. The molecule has 0 saturated heterocycles. The minimum atomic E-state index is -1.32. The molecule has 1 aliphatic rings. The van der Waals surface area contributed by atoms with E-state index in [4.69, 9.17) is 15.8 Å². The number of hydrogen-bond acceptors (Lipinski definition) is 5. The Morgan fingerprint density at radius 1 is 1.07 bits per heavy atom. The van der Waals surface area contributed by atoms with Crippen LogP contribution in [0, 0.1) is 17.6 Å². The van der Waals surface area contributed by atoms with Gasteiger partial charge in [0.25, 0.3) is 0 Å². The van der Waals surface area contributed by atoms with Gasteiger partial charge in [0.05, 0.1) is 0 Å². The van der Waals surface area contributed by atoms with E-state index in [1.54, 1.807) is 18.2 Å². The van der Waals surface area contributed by atoms with E-state index < -0.39 is 12.8 Å². The second kappa shape index (κ2) is 9.98. The van der Waals surface area contributed by atoms with Gasteiger partial charge in [0.1, 0.15) is 17.4 Å². The zero-order valence-corrected chi connectivity index (χ0v) is 16.9. The number of hydrogen-bond donors (Lipinski definition) is 5. The van der Waals surface area contributed by atoms with Crippen molar-refractivity contribution < 1.29 is 23.9 Å². The van der Waals surface area contributed by atoms with Gasteiger partial charge in [-0.1, -0.05) is 30.7 Å². The molecule has 1 saturated carbocycles. The van der Waals surface area contributed by atoms with Crippen LogP contribution in [0.5, 0.6) is 0 Å². The van der Waals surface area contributed by atoms with E-state index in [2.05, 4.69) is 5.32 Å². The van der Waals surface area contributed by atoms with Crippen molar-refractivity contribution in [2.75, 3.05) is 0 Å². The summed E-state index contributed by atoms with van der Waals surface area (Å²) >= 11 is 0. The first-order valence-corrected chi connectivity index (χ1v) is 10.4. The van der Waals surface area contributed by atoms with Crippen molar-refractivity contribution >= 4 is 7.12 Å². The van der Waals surface area contributed by atoms with Gasteiger partial charge in [-0.3, -0.25) is 0 Å². The minimum Gasteiger partial charge on any atom is -0.427 e. The average molecular weight is 418 g/mol. The molecule has 1 atom stereocenters. The molecule has 3 rings (SSSR count). The van der Waals surface area contributed by atoms with Gasteiger partial charge in [-0.2, -0.15) is 0 Å². The molecule has 6 N–H and O–H groups in total. The number of benzene rings is 2. The summed E-state index contributed by atoms with van der Waals surface area (Å²) in [5, 5.41) is 31.5. The quantitative estimate of drug-likeness (QED) is 0.232. The lowest BCUT2D eigenvalue weighted by atomic mass is 9.72. The first-order valence-electron chi connectivity index (χ1n) is 10.4. The van der Waals surface area contributed by atoms with Crippen LogP contribution >= 0.6 is 0 Å². The third-order valence-electron chi connectivity index (χ3n) is 5.92. The minimum absolute atomic E-state index is 0.00774. The third-order valence-corrected chi connectivity index (χ3v) is 5.92.